The van der Waals surface area contributed by atoms with Gasteiger partial charge >= 0.3 is 0 Å². The van der Waals surface area contributed by atoms with Crippen molar-refractivity contribution in [1.29, 1.82) is 0 Å². The summed E-state index contributed by atoms with van der Waals surface area (Å²) in [6.45, 7) is 2.94. The van der Waals surface area contributed by atoms with Crippen molar-refractivity contribution in [2.75, 3.05) is 18.4 Å². The number of carbonyl (C=O) groups excluding carboxylic acids is 1. The lowest BCUT2D eigenvalue weighted by Crippen LogP contribution is -2.27. The molecule has 0 spiro atoms. The molecule has 1 atom stereocenters. The van der Waals surface area contributed by atoms with Crippen LogP contribution < -0.4 is 5.32 Å². The largest absolute Gasteiger partial charge is 0.325 e. The first-order valence-electron chi connectivity index (χ1n) is 11.4. The van der Waals surface area contributed by atoms with Gasteiger partial charge < -0.3 is 5.32 Å². The molecule has 2 aliphatic rings. The number of hydrogen-bond donors (Lipinski definition) is 1. The highest BCUT2D eigenvalue weighted by Crippen LogP contribution is 2.41. The molecular weight excluding hydrogens is 472 g/mol. The summed E-state index contributed by atoms with van der Waals surface area (Å²) in [6.07, 6.45) is 7.37. The number of rotatable bonds is 8. The third kappa shape index (κ3) is 4.73. The molecule has 178 valence electrons. The highest BCUT2D eigenvalue weighted by Gasteiger charge is 2.32. The predicted molar refractivity (Wildman–Crippen MR) is 130 cm³/mol. The Kier molecular flexibility index (Phi) is 6.41. The average molecular weight is 499 g/mol. The standard InChI is InChI=1S/C23H26N6O3S2/c1-16(33-23-27-26-21(29(23)19-6-7-19)17-10-12-24-13-11-17)22(30)25-18-4-8-20(9-5-18)34(31,32)28-14-2-3-15-28/h4-5,8-13,16,19H,2-3,6-7,14-15H2,1H3,(H,25,30). The van der Waals surface area contributed by atoms with Crippen LogP contribution in [-0.2, 0) is 14.8 Å². The number of pyridine rings is 1. The van der Waals surface area contributed by atoms with Gasteiger partial charge in [0, 0.05) is 42.8 Å². The molecule has 3 aromatic rings. The maximum Gasteiger partial charge on any atom is 0.243 e. The van der Waals surface area contributed by atoms with Crippen LogP contribution >= 0.6 is 11.8 Å². The van der Waals surface area contributed by atoms with Crippen molar-refractivity contribution in [3.8, 4) is 11.4 Å². The summed E-state index contributed by atoms with van der Waals surface area (Å²) in [4.78, 5) is 17.2. The summed E-state index contributed by atoms with van der Waals surface area (Å²) in [5.74, 6) is 0.603. The van der Waals surface area contributed by atoms with Gasteiger partial charge in [0.05, 0.1) is 10.1 Å². The van der Waals surface area contributed by atoms with Crippen LogP contribution in [0.5, 0.6) is 0 Å². The SMILES string of the molecule is CC(Sc1nnc(-c2ccncc2)n1C1CC1)C(=O)Nc1ccc(S(=O)(=O)N2CCCC2)cc1. The maximum atomic E-state index is 12.9. The smallest absolute Gasteiger partial charge is 0.243 e. The van der Waals surface area contributed by atoms with Crippen LogP contribution in [0, 0.1) is 0 Å². The van der Waals surface area contributed by atoms with Crippen LogP contribution in [0.3, 0.4) is 0 Å². The van der Waals surface area contributed by atoms with E-state index in [1.807, 2.05) is 19.1 Å². The lowest BCUT2D eigenvalue weighted by molar-refractivity contribution is -0.115. The van der Waals surface area contributed by atoms with Gasteiger partial charge in [-0.15, -0.1) is 10.2 Å². The molecule has 3 heterocycles. The van der Waals surface area contributed by atoms with Gasteiger partial charge in [0.1, 0.15) is 0 Å². The fourth-order valence-electron chi connectivity index (χ4n) is 3.96. The summed E-state index contributed by atoms with van der Waals surface area (Å²) in [6, 6.07) is 10.5. The van der Waals surface area contributed by atoms with Gasteiger partial charge in [-0.2, -0.15) is 4.31 Å². The van der Waals surface area contributed by atoms with Gasteiger partial charge in [-0.05, 0) is 69.0 Å². The average Bonchev–Trinajstić information content (AvgIpc) is 3.34. The number of sulfonamides is 1. The Morgan fingerprint density at radius 2 is 1.74 bits per heavy atom. The Morgan fingerprint density at radius 3 is 2.38 bits per heavy atom. The number of anilines is 1. The zero-order valence-electron chi connectivity index (χ0n) is 18.8. The molecule has 1 aromatic carbocycles. The molecular formula is C23H26N6O3S2. The monoisotopic (exact) mass is 498 g/mol. The molecule has 2 fully saturated rings. The summed E-state index contributed by atoms with van der Waals surface area (Å²) in [5.41, 5.74) is 1.50. The summed E-state index contributed by atoms with van der Waals surface area (Å²) < 4.78 is 29.0. The van der Waals surface area contributed by atoms with Crippen molar-refractivity contribution >= 4 is 33.4 Å². The molecule has 0 radical (unpaired) electrons. The molecule has 1 N–H and O–H groups in total. The molecule has 34 heavy (non-hydrogen) atoms. The quantitative estimate of drug-likeness (QED) is 0.473. The number of aromatic nitrogens is 4. The third-order valence-corrected chi connectivity index (χ3v) is 8.96. The second-order valence-corrected chi connectivity index (χ2v) is 11.8. The highest BCUT2D eigenvalue weighted by molar-refractivity contribution is 8.00. The van der Waals surface area contributed by atoms with E-state index < -0.39 is 15.3 Å². The second-order valence-electron chi connectivity index (χ2n) is 8.53. The molecule has 1 aliphatic heterocycles. The first kappa shape index (κ1) is 23.0. The summed E-state index contributed by atoms with van der Waals surface area (Å²) in [7, 11) is -3.47. The van der Waals surface area contributed by atoms with Gasteiger partial charge in [-0.3, -0.25) is 14.3 Å². The fraction of sp³-hybridized carbons (Fsp3) is 0.391. The predicted octanol–water partition coefficient (Wildman–Crippen LogP) is 3.58. The zero-order chi connectivity index (χ0) is 23.7. The van der Waals surface area contributed by atoms with E-state index in [0.29, 0.717) is 30.0 Å². The highest BCUT2D eigenvalue weighted by atomic mass is 32.2. The molecule has 1 saturated carbocycles. The first-order chi connectivity index (χ1) is 16.4. The van der Waals surface area contributed by atoms with Gasteiger partial charge in [0.25, 0.3) is 0 Å². The number of nitrogens with one attached hydrogen (secondary N) is 1. The van der Waals surface area contributed by atoms with E-state index in [1.54, 1.807) is 36.7 Å². The number of hydrogen-bond acceptors (Lipinski definition) is 7. The van der Waals surface area contributed by atoms with E-state index in [0.717, 1.165) is 37.1 Å². The Morgan fingerprint density at radius 1 is 1.06 bits per heavy atom. The van der Waals surface area contributed by atoms with Crippen molar-refractivity contribution in [3.63, 3.8) is 0 Å². The lowest BCUT2D eigenvalue weighted by Gasteiger charge is -2.16. The number of amides is 1. The van der Waals surface area contributed by atoms with E-state index in [1.165, 1.54) is 16.1 Å². The number of benzene rings is 1. The van der Waals surface area contributed by atoms with E-state index in [2.05, 4.69) is 25.1 Å². The fourth-order valence-corrected chi connectivity index (χ4v) is 6.40. The lowest BCUT2D eigenvalue weighted by atomic mass is 10.2. The zero-order valence-corrected chi connectivity index (χ0v) is 20.4. The topological polar surface area (TPSA) is 110 Å². The normalized spacial score (nSPS) is 17.6. The van der Waals surface area contributed by atoms with Crippen LogP contribution in [0.4, 0.5) is 5.69 Å². The van der Waals surface area contributed by atoms with Gasteiger partial charge in [-0.25, -0.2) is 8.42 Å². The Hall–Kier alpha value is -2.76. The minimum absolute atomic E-state index is 0.184. The Balaban J connectivity index is 1.26. The van der Waals surface area contributed by atoms with Crippen LogP contribution in [0.1, 0.15) is 38.6 Å². The van der Waals surface area contributed by atoms with Crippen molar-refractivity contribution in [2.45, 2.75) is 54.0 Å². The van der Waals surface area contributed by atoms with Gasteiger partial charge in [0.15, 0.2) is 11.0 Å². The van der Waals surface area contributed by atoms with E-state index >= 15 is 0 Å². The molecule has 9 nitrogen and oxygen atoms in total. The van der Waals surface area contributed by atoms with E-state index in [4.69, 9.17) is 0 Å². The molecule has 1 amide bonds. The molecule has 11 heteroatoms. The number of nitrogens with zero attached hydrogens (tertiary/aromatic N) is 5. The van der Waals surface area contributed by atoms with Crippen LogP contribution in [-0.4, -0.2) is 56.7 Å². The Bertz CT molecular complexity index is 1270. The van der Waals surface area contributed by atoms with E-state index in [-0.39, 0.29) is 10.8 Å². The van der Waals surface area contributed by atoms with Crippen molar-refractivity contribution in [1.82, 2.24) is 24.1 Å². The van der Waals surface area contributed by atoms with Gasteiger partial charge in [-0.1, -0.05) is 11.8 Å². The maximum absolute atomic E-state index is 12.9. The minimum Gasteiger partial charge on any atom is -0.325 e. The number of thioether (sulfide) groups is 1. The van der Waals surface area contributed by atoms with Crippen LogP contribution in [0.15, 0.2) is 58.8 Å². The van der Waals surface area contributed by atoms with Crippen molar-refractivity contribution < 1.29 is 13.2 Å². The molecule has 2 aromatic heterocycles. The molecule has 5 rings (SSSR count). The van der Waals surface area contributed by atoms with E-state index in [9.17, 15) is 13.2 Å². The third-order valence-electron chi connectivity index (χ3n) is 5.99. The van der Waals surface area contributed by atoms with Crippen LogP contribution in [0.2, 0.25) is 0 Å². The number of carbonyl (C=O) groups is 1. The minimum atomic E-state index is -3.47. The first-order valence-corrected chi connectivity index (χ1v) is 13.7. The Labute approximate surface area is 203 Å². The summed E-state index contributed by atoms with van der Waals surface area (Å²) in [5, 5.41) is 11.9. The van der Waals surface area contributed by atoms with Crippen molar-refractivity contribution in [3.05, 3.63) is 48.8 Å². The molecule has 1 aliphatic carbocycles. The second kappa shape index (κ2) is 9.47. The molecule has 1 unspecified atom stereocenters. The summed E-state index contributed by atoms with van der Waals surface area (Å²) >= 11 is 1.36. The van der Waals surface area contributed by atoms with Crippen molar-refractivity contribution in [2.24, 2.45) is 0 Å². The molecule has 0 bridgehead atoms. The van der Waals surface area contributed by atoms with Gasteiger partial charge in [0.2, 0.25) is 15.9 Å². The van der Waals surface area contributed by atoms with Crippen LogP contribution in [0.25, 0.3) is 11.4 Å². The molecule has 1 saturated heterocycles.